The molecule has 0 N–H and O–H groups in total. The molecule has 6 heteroatoms. The molecule has 0 saturated carbocycles. The maximum atomic E-state index is 12.2. The zero-order valence-electron chi connectivity index (χ0n) is 12.6. The molecule has 0 fully saturated rings. The van der Waals surface area contributed by atoms with Gasteiger partial charge in [0.25, 0.3) is 5.22 Å². The van der Waals surface area contributed by atoms with Crippen LogP contribution in [-0.2, 0) is 6.42 Å². The molecule has 0 radical (unpaired) electrons. The van der Waals surface area contributed by atoms with E-state index in [1.54, 1.807) is 18.5 Å². The van der Waals surface area contributed by atoms with E-state index < -0.39 is 0 Å². The van der Waals surface area contributed by atoms with Gasteiger partial charge < -0.3 is 4.42 Å². The number of ketones is 1. The number of hydrogen-bond acceptors (Lipinski definition) is 6. The Labute approximate surface area is 138 Å². The molecule has 0 aliphatic carbocycles. The predicted octanol–water partition coefficient (Wildman–Crippen LogP) is 3.67. The van der Waals surface area contributed by atoms with Crippen LogP contribution in [-0.4, -0.2) is 26.7 Å². The Morgan fingerprint density at radius 3 is 2.70 bits per heavy atom. The van der Waals surface area contributed by atoms with Crippen molar-refractivity contribution in [1.29, 1.82) is 0 Å². The molecular weight excluding hydrogens is 310 g/mol. The monoisotopic (exact) mass is 325 g/mol. The summed E-state index contributed by atoms with van der Waals surface area (Å²) in [5.41, 5.74) is 2.67. The maximum absolute atomic E-state index is 12.2. The average Bonchev–Trinajstić information content (AvgIpc) is 3.09. The second-order valence-corrected chi connectivity index (χ2v) is 5.80. The fourth-order valence-electron chi connectivity index (χ4n) is 2.01. The fourth-order valence-corrected chi connectivity index (χ4v) is 2.67. The number of hydrogen-bond donors (Lipinski definition) is 0. The molecular formula is C17H15N3O2S. The number of carbonyl (C=O) groups excluding carboxylic acids is 1. The highest BCUT2D eigenvalue weighted by Gasteiger charge is 2.12. The third-order valence-corrected chi connectivity index (χ3v) is 4.14. The van der Waals surface area contributed by atoms with Crippen molar-refractivity contribution in [2.24, 2.45) is 0 Å². The number of aryl methyl sites for hydroxylation is 1. The minimum absolute atomic E-state index is 0.0405. The lowest BCUT2D eigenvalue weighted by Gasteiger charge is -2.00. The van der Waals surface area contributed by atoms with Gasteiger partial charge >= 0.3 is 0 Å². The van der Waals surface area contributed by atoms with Crippen LogP contribution in [0.15, 0.2) is 58.4 Å². The van der Waals surface area contributed by atoms with Crippen LogP contribution < -0.4 is 0 Å². The Kier molecular flexibility index (Phi) is 4.83. The zero-order chi connectivity index (χ0) is 16.1. The van der Waals surface area contributed by atoms with Gasteiger partial charge in [-0.15, -0.1) is 10.2 Å². The molecule has 2 aromatic heterocycles. The van der Waals surface area contributed by atoms with Gasteiger partial charge in [0.1, 0.15) is 0 Å². The first-order chi connectivity index (χ1) is 11.3. The number of Topliss-reactive ketones (excluding diaryl/α,β-unsaturated/α-hetero) is 1. The number of pyridine rings is 1. The summed E-state index contributed by atoms with van der Waals surface area (Å²) in [6, 6.07) is 11.3. The van der Waals surface area contributed by atoms with Crippen LogP contribution in [0.2, 0.25) is 0 Å². The van der Waals surface area contributed by atoms with Crippen molar-refractivity contribution in [3.05, 3.63) is 59.9 Å². The van der Waals surface area contributed by atoms with Gasteiger partial charge in [0, 0.05) is 18.0 Å². The number of aromatic nitrogens is 3. The number of benzene rings is 1. The molecule has 5 nitrogen and oxygen atoms in total. The lowest BCUT2D eigenvalue weighted by molar-refractivity contribution is 0.102. The van der Waals surface area contributed by atoms with Crippen LogP contribution in [0.25, 0.3) is 11.5 Å². The Bertz CT molecular complexity index is 785. The second-order valence-electron chi connectivity index (χ2n) is 4.88. The summed E-state index contributed by atoms with van der Waals surface area (Å²) in [6.07, 6.45) is 4.29. The van der Waals surface area contributed by atoms with Crippen LogP contribution in [0.1, 0.15) is 22.8 Å². The van der Waals surface area contributed by atoms with Gasteiger partial charge in [-0.2, -0.15) is 0 Å². The van der Waals surface area contributed by atoms with Crippen LogP contribution in [0.5, 0.6) is 0 Å². The summed E-state index contributed by atoms with van der Waals surface area (Å²) < 4.78 is 5.54. The molecule has 0 saturated heterocycles. The predicted molar refractivity (Wildman–Crippen MR) is 88.4 cm³/mol. The quantitative estimate of drug-likeness (QED) is 0.509. The minimum Gasteiger partial charge on any atom is -0.411 e. The molecule has 0 spiro atoms. The lowest BCUT2D eigenvalue weighted by atomic mass is 10.1. The third-order valence-electron chi connectivity index (χ3n) is 3.33. The standard InChI is InChI=1S/C17H15N3O2S/c1-2-12-5-7-13(8-6-12)15(21)11-23-17-20-19-16(22-17)14-4-3-9-18-10-14/h3-10H,2,11H2,1H3. The summed E-state index contributed by atoms with van der Waals surface area (Å²) in [6.45, 7) is 2.09. The summed E-state index contributed by atoms with van der Waals surface area (Å²) >= 11 is 1.24. The highest BCUT2D eigenvalue weighted by Crippen LogP contribution is 2.23. The van der Waals surface area contributed by atoms with Crippen molar-refractivity contribution in [3.8, 4) is 11.5 Å². The second kappa shape index (κ2) is 7.19. The molecule has 3 aromatic rings. The van der Waals surface area contributed by atoms with Gasteiger partial charge in [-0.1, -0.05) is 43.0 Å². The molecule has 0 bridgehead atoms. The third kappa shape index (κ3) is 3.84. The van der Waals surface area contributed by atoms with E-state index in [4.69, 9.17) is 4.42 Å². The molecule has 1 aromatic carbocycles. The number of carbonyl (C=O) groups is 1. The van der Waals surface area contributed by atoms with E-state index in [9.17, 15) is 4.79 Å². The number of nitrogens with zero attached hydrogens (tertiary/aromatic N) is 3. The number of rotatable bonds is 6. The average molecular weight is 325 g/mol. The molecule has 116 valence electrons. The molecule has 23 heavy (non-hydrogen) atoms. The van der Waals surface area contributed by atoms with Crippen molar-refractivity contribution in [2.45, 2.75) is 18.6 Å². The van der Waals surface area contributed by atoms with Gasteiger partial charge in [0.05, 0.1) is 11.3 Å². The van der Waals surface area contributed by atoms with E-state index in [0.717, 1.165) is 12.0 Å². The van der Waals surface area contributed by atoms with E-state index in [0.29, 0.717) is 16.7 Å². The highest BCUT2D eigenvalue weighted by molar-refractivity contribution is 7.99. The van der Waals surface area contributed by atoms with Crippen molar-refractivity contribution in [3.63, 3.8) is 0 Å². The summed E-state index contributed by atoms with van der Waals surface area (Å²) in [5, 5.41) is 8.30. The Morgan fingerprint density at radius 2 is 2.00 bits per heavy atom. The maximum Gasteiger partial charge on any atom is 0.277 e. The molecule has 2 heterocycles. The van der Waals surface area contributed by atoms with Crippen molar-refractivity contribution >= 4 is 17.5 Å². The van der Waals surface area contributed by atoms with Crippen LogP contribution in [0.3, 0.4) is 0 Å². The highest BCUT2D eigenvalue weighted by atomic mass is 32.2. The SMILES string of the molecule is CCc1ccc(C(=O)CSc2nnc(-c3cccnc3)o2)cc1. The van der Waals surface area contributed by atoms with Gasteiger partial charge in [-0.25, -0.2) is 0 Å². The number of thioether (sulfide) groups is 1. The van der Waals surface area contributed by atoms with Crippen LogP contribution in [0.4, 0.5) is 0 Å². The van der Waals surface area contributed by atoms with Crippen molar-refractivity contribution in [2.75, 3.05) is 5.75 Å². The van der Waals surface area contributed by atoms with E-state index in [1.165, 1.54) is 17.3 Å². The van der Waals surface area contributed by atoms with E-state index in [-0.39, 0.29) is 11.5 Å². The Hall–Kier alpha value is -2.47. The van der Waals surface area contributed by atoms with Gasteiger partial charge in [-0.3, -0.25) is 9.78 Å². The van der Waals surface area contributed by atoms with Crippen molar-refractivity contribution in [1.82, 2.24) is 15.2 Å². The van der Waals surface area contributed by atoms with Gasteiger partial charge in [0.2, 0.25) is 5.89 Å². The summed E-state index contributed by atoms with van der Waals surface area (Å²) in [4.78, 5) is 16.2. The minimum atomic E-state index is 0.0405. The summed E-state index contributed by atoms with van der Waals surface area (Å²) in [7, 11) is 0. The topological polar surface area (TPSA) is 68.9 Å². The molecule has 0 aliphatic heterocycles. The van der Waals surface area contributed by atoms with Gasteiger partial charge in [0.15, 0.2) is 5.78 Å². The molecule has 3 rings (SSSR count). The van der Waals surface area contributed by atoms with Crippen molar-refractivity contribution < 1.29 is 9.21 Å². The molecule has 0 aliphatic rings. The normalized spacial score (nSPS) is 10.7. The van der Waals surface area contributed by atoms with E-state index in [1.807, 2.05) is 30.3 Å². The van der Waals surface area contributed by atoms with Gasteiger partial charge in [-0.05, 0) is 24.1 Å². The largest absolute Gasteiger partial charge is 0.411 e. The van der Waals surface area contributed by atoms with E-state index in [2.05, 4.69) is 22.1 Å². The fraction of sp³-hybridized carbons (Fsp3) is 0.176. The first-order valence-corrected chi connectivity index (χ1v) is 8.23. The first-order valence-electron chi connectivity index (χ1n) is 7.25. The first kappa shape index (κ1) is 15.4. The molecule has 0 unspecified atom stereocenters. The molecule has 0 amide bonds. The van der Waals surface area contributed by atoms with Crippen LogP contribution in [0, 0.1) is 0 Å². The van der Waals surface area contributed by atoms with Crippen LogP contribution >= 0.6 is 11.8 Å². The molecule has 0 atom stereocenters. The Balaban J connectivity index is 1.62. The smallest absolute Gasteiger partial charge is 0.277 e. The Morgan fingerprint density at radius 1 is 1.17 bits per heavy atom. The zero-order valence-corrected chi connectivity index (χ0v) is 13.4. The lowest BCUT2D eigenvalue weighted by Crippen LogP contribution is -2.02. The summed E-state index contributed by atoms with van der Waals surface area (Å²) in [5.74, 6) is 0.708. The van der Waals surface area contributed by atoms with E-state index >= 15 is 0 Å².